The molecule has 1 aliphatic rings. The number of fused-ring (bicyclic) bond motifs is 1. The topological polar surface area (TPSA) is 15.3 Å². The first-order valence-electron chi connectivity index (χ1n) is 7.13. The van der Waals surface area contributed by atoms with Crippen LogP contribution in [0.2, 0.25) is 5.02 Å². The second-order valence-corrected chi connectivity index (χ2v) is 6.67. The Morgan fingerprint density at radius 1 is 1.42 bits per heavy atom. The molecule has 19 heavy (non-hydrogen) atoms. The van der Waals surface area contributed by atoms with Gasteiger partial charge in [0.2, 0.25) is 0 Å². The maximum atomic E-state index is 6.44. The summed E-state index contributed by atoms with van der Waals surface area (Å²) in [7, 11) is 2.17. The Hall–Kier alpha value is -0.730. The SMILES string of the molecule is CCNCc1cc2c(cc1Cl)N(C)C(C)(C)C[C@H]2C. The fraction of sp³-hybridized carbons (Fsp3) is 0.625. The molecule has 1 aliphatic heterocycles. The van der Waals surface area contributed by atoms with Crippen molar-refractivity contribution in [3.05, 3.63) is 28.3 Å². The van der Waals surface area contributed by atoms with Gasteiger partial charge >= 0.3 is 0 Å². The number of nitrogens with zero attached hydrogens (tertiary/aromatic N) is 1. The molecule has 0 amide bonds. The second-order valence-electron chi connectivity index (χ2n) is 6.26. The van der Waals surface area contributed by atoms with Gasteiger partial charge in [-0.2, -0.15) is 0 Å². The summed E-state index contributed by atoms with van der Waals surface area (Å²) in [6.07, 6.45) is 1.18. The average molecular weight is 281 g/mol. The van der Waals surface area contributed by atoms with Crippen molar-refractivity contribution < 1.29 is 0 Å². The zero-order valence-electron chi connectivity index (χ0n) is 12.7. The monoisotopic (exact) mass is 280 g/mol. The average Bonchev–Trinajstić information content (AvgIpc) is 2.34. The van der Waals surface area contributed by atoms with Gasteiger partial charge in [0.15, 0.2) is 0 Å². The van der Waals surface area contributed by atoms with Crippen LogP contribution in [-0.2, 0) is 6.54 Å². The molecule has 106 valence electrons. The van der Waals surface area contributed by atoms with E-state index in [1.807, 2.05) is 0 Å². The zero-order valence-corrected chi connectivity index (χ0v) is 13.4. The molecule has 0 aromatic heterocycles. The molecule has 1 aromatic carbocycles. The predicted octanol–water partition coefficient (Wildman–Crippen LogP) is 4.17. The van der Waals surface area contributed by atoms with Gasteiger partial charge in [-0.25, -0.2) is 0 Å². The lowest BCUT2D eigenvalue weighted by atomic mass is 9.80. The highest BCUT2D eigenvalue weighted by Gasteiger charge is 2.34. The van der Waals surface area contributed by atoms with Crippen LogP contribution in [0.25, 0.3) is 0 Å². The minimum Gasteiger partial charge on any atom is -0.369 e. The first-order valence-corrected chi connectivity index (χ1v) is 7.51. The summed E-state index contributed by atoms with van der Waals surface area (Å²) in [4.78, 5) is 2.37. The van der Waals surface area contributed by atoms with Crippen LogP contribution < -0.4 is 10.2 Å². The van der Waals surface area contributed by atoms with E-state index in [0.717, 1.165) is 18.1 Å². The Balaban J connectivity index is 2.43. The van der Waals surface area contributed by atoms with Crippen LogP contribution in [0.4, 0.5) is 5.69 Å². The molecule has 0 fully saturated rings. The Morgan fingerprint density at radius 2 is 2.11 bits per heavy atom. The third-order valence-corrected chi connectivity index (χ3v) is 4.72. The number of nitrogens with one attached hydrogen (secondary N) is 1. The molecule has 2 rings (SSSR count). The number of rotatable bonds is 3. The summed E-state index contributed by atoms with van der Waals surface area (Å²) in [5.41, 5.74) is 4.12. The third-order valence-electron chi connectivity index (χ3n) is 4.37. The zero-order chi connectivity index (χ0) is 14.2. The van der Waals surface area contributed by atoms with Crippen LogP contribution in [0.15, 0.2) is 12.1 Å². The highest BCUT2D eigenvalue weighted by atomic mass is 35.5. The van der Waals surface area contributed by atoms with E-state index < -0.39 is 0 Å². The molecule has 0 saturated carbocycles. The summed E-state index contributed by atoms with van der Waals surface area (Å²) in [6, 6.07) is 4.43. The second kappa shape index (κ2) is 5.34. The summed E-state index contributed by atoms with van der Waals surface area (Å²) >= 11 is 6.44. The van der Waals surface area contributed by atoms with Gasteiger partial charge in [0.25, 0.3) is 0 Å². The van der Waals surface area contributed by atoms with Crippen LogP contribution in [0.3, 0.4) is 0 Å². The molecule has 0 unspecified atom stereocenters. The first kappa shape index (κ1) is 14.7. The molecule has 0 bridgehead atoms. The van der Waals surface area contributed by atoms with Gasteiger partial charge < -0.3 is 10.2 Å². The number of hydrogen-bond acceptors (Lipinski definition) is 2. The fourth-order valence-corrected chi connectivity index (χ4v) is 3.25. The molecule has 0 saturated heterocycles. The fourth-order valence-electron chi connectivity index (χ4n) is 3.03. The van der Waals surface area contributed by atoms with Crippen LogP contribution in [-0.4, -0.2) is 19.1 Å². The van der Waals surface area contributed by atoms with Crippen molar-refractivity contribution in [2.45, 2.75) is 52.1 Å². The number of benzene rings is 1. The van der Waals surface area contributed by atoms with Crippen LogP contribution in [0, 0.1) is 0 Å². The van der Waals surface area contributed by atoms with Crippen molar-refractivity contribution in [3.63, 3.8) is 0 Å². The van der Waals surface area contributed by atoms with E-state index in [0.29, 0.717) is 5.92 Å². The quantitative estimate of drug-likeness (QED) is 0.894. The van der Waals surface area contributed by atoms with Gasteiger partial charge in [-0.15, -0.1) is 0 Å². The summed E-state index contributed by atoms with van der Waals surface area (Å²) in [6.45, 7) is 10.8. The van der Waals surface area contributed by atoms with Crippen molar-refractivity contribution in [1.82, 2.24) is 5.32 Å². The maximum Gasteiger partial charge on any atom is 0.0471 e. The maximum absolute atomic E-state index is 6.44. The molecule has 0 aliphatic carbocycles. The van der Waals surface area contributed by atoms with E-state index in [4.69, 9.17) is 11.6 Å². The van der Waals surface area contributed by atoms with Crippen molar-refractivity contribution in [2.75, 3.05) is 18.5 Å². The van der Waals surface area contributed by atoms with Crippen LogP contribution in [0.1, 0.15) is 51.2 Å². The number of anilines is 1. The Bertz CT molecular complexity index is 468. The largest absolute Gasteiger partial charge is 0.369 e. The Kier molecular flexibility index (Phi) is 4.12. The normalized spacial score (nSPS) is 21.4. The molecular weight excluding hydrogens is 256 g/mol. The molecule has 0 radical (unpaired) electrons. The van der Waals surface area contributed by atoms with Crippen LogP contribution in [0.5, 0.6) is 0 Å². The van der Waals surface area contributed by atoms with E-state index >= 15 is 0 Å². The molecule has 0 spiro atoms. The lowest BCUT2D eigenvalue weighted by Gasteiger charge is -2.45. The predicted molar refractivity (Wildman–Crippen MR) is 84.3 cm³/mol. The first-order chi connectivity index (χ1) is 8.86. The molecule has 1 N–H and O–H groups in total. The van der Waals surface area contributed by atoms with Gasteiger partial charge in [-0.05, 0) is 49.9 Å². The van der Waals surface area contributed by atoms with Crippen molar-refractivity contribution in [1.29, 1.82) is 0 Å². The van der Waals surface area contributed by atoms with Gasteiger partial charge in [0.05, 0.1) is 0 Å². The highest BCUT2D eigenvalue weighted by molar-refractivity contribution is 6.31. The van der Waals surface area contributed by atoms with E-state index in [1.165, 1.54) is 23.2 Å². The molecule has 1 atom stereocenters. The van der Waals surface area contributed by atoms with E-state index in [9.17, 15) is 0 Å². The van der Waals surface area contributed by atoms with Gasteiger partial charge in [-0.3, -0.25) is 0 Å². The third kappa shape index (κ3) is 2.75. The molecule has 1 aromatic rings. The minimum absolute atomic E-state index is 0.193. The van der Waals surface area contributed by atoms with E-state index in [1.54, 1.807) is 0 Å². The van der Waals surface area contributed by atoms with Crippen molar-refractivity contribution in [3.8, 4) is 0 Å². The number of halogens is 1. The van der Waals surface area contributed by atoms with E-state index in [2.05, 4.69) is 57.1 Å². The molecular formula is C16H25ClN2. The lowest BCUT2D eigenvalue weighted by molar-refractivity contribution is 0.395. The minimum atomic E-state index is 0.193. The Morgan fingerprint density at radius 3 is 2.74 bits per heavy atom. The number of hydrogen-bond donors (Lipinski definition) is 1. The van der Waals surface area contributed by atoms with Crippen molar-refractivity contribution in [2.24, 2.45) is 0 Å². The molecule has 1 heterocycles. The van der Waals surface area contributed by atoms with Gasteiger partial charge in [-0.1, -0.05) is 31.5 Å². The van der Waals surface area contributed by atoms with E-state index in [-0.39, 0.29) is 5.54 Å². The summed E-state index contributed by atoms with van der Waals surface area (Å²) in [5, 5.41) is 4.23. The highest BCUT2D eigenvalue weighted by Crippen LogP contribution is 2.44. The van der Waals surface area contributed by atoms with Gasteiger partial charge in [0, 0.05) is 29.8 Å². The van der Waals surface area contributed by atoms with Crippen LogP contribution >= 0.6 is 11.6 Å². The smallest absolute Gasteiger partial charge is 0.0471 e. The Labute approximate surface area is 122 Å². The molecule has 2 nitrogen and oxygen atoms in total. The lowest BCUT2D eigenvalue weighted by Crippen LogP contribution is -2.45. The summed E-state index contributed by atoms with van der Waals surface area (Å²) in [5.74, 6) is 0.582. The summed E-state index contributed by atoms with van der Waals surface area (Å²) < 4.78 is 0. The molecule has 3 heteroatoms. The van der Waals surface area contributed by atoms with Gasteiger partial charge in [0.1, 0.15) is 0 Å². The standard InChI is InChI=1S/C16H25ClN2/c1-6-18-10-12-7-13-11(2)9-16(3,4)19(5)15(13)8-14(12)17/h7-8,11,18H,6,9-10H2,1-5H3/t11-/m1/s1. The van der Waals surface area contributed by atoms with Crippen molar-refractivity contribution >= 4 is 17.3 Å².